The summed E-state index contributed by atoms with van der Waals surface area (Å²) in [5, 5.41) is 9.18. The molecule has 0 unspecified atom stereocenters. The maximum atomic E-state index is 12.8. The zero-order valence-electron chi connectivity index (χ0n) is 22.7. The van der Waals surface area contributed by atoms with Gasteiger partial charge in [-0.1, -0.05) is 11.6 Å². The Morgan fingerprint density at radius 1 is 1.31 bits per heavy atom. The van der Waals surface area contributed by atoms with E-state index in [0.29, 0.717) is 18.8 Å². The molecule has 36 heavy (non-hydrogen) atoms. The average Bonchev–Trinajstić information content (AvgIpc) is 2.80. The van der Waals surface area contributed by atoms with Gasteiger partial charge in [-0.3, -0.25) is 0 Å². The van der Waals surface area contributed by atoms with E-state index in [4.69, 9.17) is 18.9 Å². The van der Waals surface area contributed by atoms with Gasteiger partial charge in [0, 0.05) is 30.5 Å². The molecule has 2 fully saturated rings. The lowest BCUT2D eigenvalue weighted by molar-refractivity contribution is -0.191. The minimum absolute atomic E-state index is 0.0313. The average molecular weight is 502 g/mol. The molecule has 0 aliphatic carbocycles. The fraction of sp³-hybridized carbons (Fsp3) is 0.690. The molecule has 0 aromatic heterocycles. The number of fused-ring (bicyclic) bond motifs is 4. The Morgan fingerprint density at radius 2 is 2.08 bits per heavy atom. The number of hydrogen-bond acceptors (Lipinski definition) is 6. The van der Waals surface area contributed by atoms with Gasteiger partial charge in [0.15, 0.2) is 0 Å². The van der Waals surface area contributed by atoms with E-state index in [0.717, 1.165) is 37.0 Å². The van der Waals surface area contributed by atoms with E-state index >= 15 is 0 Å². The maximum Gasteiger partial charge on any atom is 0.410 e. The van der Waals surface area contributed by atoms with Crippen molar-refractivity contribution < 1.29 is 28.8 Å². The van der Waals surface area contributed by atoms with Gasteiger partial charge in [-0.05, 0) is 85.4 Å². The molecule has 2 saturated heterocycles. The van der Waals surface area contributed by atoms with Crippen molar-refractivity contribution in [2.24, 2.45) is 11.8 Å². The molecule has 1 aromatic carbocycles. The van der Waals surface area contributed by atoms with Gasteiger partial charge in [-0.2, -0.15) is 0 Å². The number of piperidine rings is 1. The number of aliphatic hydroxyl groups is 1. The van der Waals surface area contributed by atoms with Crippen LogP contribution in [0.1, 0.15) is 78.9 Å². The van der Waals surface area contributed by atoms with Crippen LogP contribution < -0.4 is 9.47 Å². The zero-order chi connectivity index (χ0) is 26.1. The standard InChI is InChI=1S/C29H43NO6/c1-19(2)8-7-12-29(6)23-16-20-18-30(27(32)36-28(3,4)5)13-11-24(20)34-26(23)22-17-21(33-15-14-31)9-10-25(22)35-29/h8-10,17,20,23-24,26,31H,7,11-16,18H2,1-6H3/t20-,23-,24-,26+,29+/m0/s1. The van der Waals surface area contributed by atoms with Crippen LogP contribution in [0.5, 0.6) is 11.5 Å². The molecule has 1 amide bonds. The van der Waals surface area contributed by atoms with Crippen LogP contribution in [0, 0.1) is 11.8 Å². The van der Waals surface area contributed by atoms with Gasteiger partial charge in [-0.15, -0.1) is 0 Å². The molecular weight excluding hydrogens is 458 g/mol. The minimum Gasteiger partial charge on any atom is -0.491 e. The summed E-state index contributed by atoms with van der Waals surface area (Å²) in [6.07, 6.45) is 5.54. The first-order valence-corrected chi connectivity index (χ1v) is 13.3. The number of ether oxygens (including phenoxy) is 4. The number of rotatable bonds is 6. The van der Waals surface area contributed by atoms with Crippen molar-refractivity contribution in [1.29, 1.82) is 0 Å². The molecule has 1 aromatic rings. The van der Waals surface area contributed by atoms with Crippen molar-refractivity contribution in [3.63, 3.8) is 0 Å². The summed E-state index contributed by atoms with van der Waals surface area (Å²) in [6.45, 7) is 13.7. The Bertz CT molecular complexity index is 965. The number of hydrogen-bond donors (Lipinski definition) is 1. The highest BCUT2D eigenvalue weighted by molar-refractivity contribution is 5.68. The monoisotopic (exact) mass is 501 g/mol. The third-order valence-corrected chi connectivity index (χ3v) is 7.53. The molecular formula is C29H43NO6. The van der Waals surface area contributed by atoms with Gasteiger partial charge in [0.2, 0.25) is 0 Å². The Hall–Kier alpha value is -2.25. The summed E-state index contributed by atoms with van der Waals surface area (Å²) in [5.41, 5.74) is 1.42. The van der Waals surface area contributed by atoms with E-state index in [1.165, 1.54) is 5.57 Å². The van der Waals surface area contributed by atoms with Crippen LogP contribution in [0.3, 0.4) is 0 Å². The fourth-order valence-corrected chi connectivity index (χ4v) is 5.81. The number of aliphatic hydroxyl groups excluding tert-OH is 1. The van der Waals surface area contributed by atoms with Crippen LogP contribution in [0.4, 0.5) is 4.79 Å². The highest BCUT2D eigenvalue weighted by Gasteiger charge is 2.53. The number of benzene rings is 1. The zero-order valence-corrected chi connectivity index (χ0v) is 22.7. The number of nitrogens with zero attached hydrogens (tertiary/aromatic N) is 1. The second-order valence-corrected chi connectivity index (χ2v) is 11.9. The van der Waals surface area contributed by atoms with Gasteiger partial charge in [0.25, 0.3) is 0 Å². The van der Waals surface area contributed by atoms with Gasteiger partial charge in [0.05, 0.1) is 18.8 Å². The Labute approximate surface area is 215 Å². The largest absolute Gasteiger partial charge is 0.491 e. The van der Waals surface area contributed by atoms with Gasteiger partial charge in [0.1, 0.15) is 29.3 Å². The van der Waals surface area contributed by atoms with E-state index in [-0.39, 0.29) is 43.4 Å². The van der Waals surface area contributed by atoms with Crippen LogP contribution in [-0.2, 0) is 9.47 Å². The normalized spacial score (nSPS) is 29.2. The van der Waals surface area contributed by atoms with Crippen molar-refractivity contribution in [1.82, 2.24) is 4.90 Å². The molecule has 3 aliphatic rings. The highest BCUT2D eigenvalue weighted by Crippen LogP contribution is 2.55. The molecule has 0 saturated carbocycles. The number of carbonyl (C=O) groups is 1. The first-order valence-electron chi connectivity index (χ1n) is 13.3. The Morgan fingerprint density at radius 3 is 2.78 bits per heavy atom. The van der Waals surface area contributed by atoms with E-state index < -0.39 is 11.2 Å². The highest BCUT2D eigenvalue weighted by atomic mass is 16.6. The van der Waals surface area contributed by atoms with Crippen molar-refractivity contribution >= 4 is 6.09 Å². The molecule has 0 spiro atoms. The lowest BCUT2D eigenvalue weighted by atomic mass is 9.68. The molecule has 3 heterocycles. The van der Waals surface area contributed by atoms with E-state index in [1.807, 2.05) is 43.9 Å². The molecule has 7 heteroatoms. The summed E-state index contributed by atoms with van der Waals surface area (Å²) in [6, 6.07) is 5.88. The van der Waals surface area contributed by atoms with E-state index in [9.17, 15) is 9.90 Å². The smallest absolute Gasteiger partial charge is 0.410 e. The Balaban J connectivity index is 1.59. The summed E-state index contributed by atoms with van der Waals surface area (Å²) in [5.74, 6) is 1.93. The summed E-state index contributed by atoms with van der Waals surface area (Å²) < 4.78 is 24.9. The minimum atomic E-state index is -0.512. The SMILES string of the molecule is CC(C)=CCC[C@@]1(C)Oc2ccc(OCCO)cc2[C@H]2O[C@H]3CCN(C(=O)OC(C)(C)C)C[C@@H]3C[C@@H]21. The van der Waals surface area contributed by atoms with Crippen LogP contribution in [0.15, 0.2) is 29.8 Å². The van der Waals surface area contributed by atoms with E-state index in [1.54, 1.807) is 0 Å². The van der Waals surface area contributed by atoms with E-state index in [2.05, 4.69) is 26.8 Å². The molecule has 0 radical (unpaired) electrons. The number of likely N-dealkylation sites (tertiary alicyclic amines) is 1. The van der Waals surface area contributed by atoms with Gasteiger partial charge < -0.3 is 29.0 Å². The van der Waals surface area contributed by atoms with Crippen molar-refractivity contribution in [2.75, 3.05) is 26.3 Å². The van der Waals surface area contributed by atoms with Crippen LogP contribution in [-0.4, -0.2) is 59.7 Å². The first kappa shape index (κ1) is 26.8. The van der Waals surface area contributed by atoms with Crippen LogP contribution in [0.25, 0.3) is 0 Å². The third-order valence-electron chi connectivity index (χ3n) is 7.53. The fourth-order valence-electron chi connectivity index (χ4n) is 5.81. The first-order chi connectivity index (χ1) is 17.0. The lowest BCUT2D eigenvalue weighted by Crippen LogP contribution is -2.57. The number of allylic oxidation sites excluding steroid dienone is 2. The van der Waals surface area contributed by atoms with Crippen LogP contribution in [0.2, 0.25) is 0 Å². The lowest BCUT2D eigenvalue weighted by Gasteiger charge is -2.54. The quantitative estimate of drug-likeness (QED) is 0.507. The molecule has 200 valence electrons. The van der Waals surface area contributed by atoms with Crippen molar-refractivity contribution in [2.45, 2.75) is 90.6 Å². The van der Waals surface area contributed by atoms with Crippen LogP contribution >= 0.6 is 0 Å². The Kier molecular flexibility index (Phi) is 7.91. The maximum absolute atomic E-state index is 12.8. The second-order valence-electron chi connectivity index (χ2n) is 11.9. The molecule has 1 N–H and O–H groups in total. The second kappa shape index (κ2) is 10.6. The molecule has 4 rings (SSSR count). The topological polar surface area (TPSA) is 77.5 Å². The van der Waals surface area contributed by atoms with Crippen molar-refractivity contribution in [3.05, 3.63) is 35.4 Å². The molecule has 0 bridgehead atoms. The number of carbonyl (C=O) groups excluding carboxylic acids is 1. The summed E-state index contributed by atoms with van der Waals surface area (Å²) in [7, 11) is 0. The molecule has 3 aliphatic heterocycles. The van der Waals surface area contributed by atoms with Gasteiger partial charge >= 0.3 is 6.09 Å². The molecule has 7 nitrogen and oxygen atoms in total. The predicted octanol–water partition coefficient (Wildman–Crippen LogP) is 5.66. The summed E-state index contributed by atoms with van der Waals surface area (Å²) >= 11 is 0. The third kappa shape index (κ3) is 6.00. The van der Waals surface area contributed by atoms with Gasteiger partial charge in [-0.25, -0.2) is 4.79 Å². The number of amides is 1. The summed E-state index contributed by atoms with van der Waals surface area (Å²) in [4.78, 5) is 14.6. The van der Waals surface area contributed by atoms with Crippen molar-refractivity contribution in [3.8, 4) is 11.5 Å². The predicted molar refractivity (Wildman–Crippen MR) is 138 cm³/mol. The molecule has 5 atom stereocenters.